The number of hydrogen-bond acceptors (Lipinski definition) is 1. The van der Waals surface area contributed by atoms with E-state index in [1.807, 2.05) is 0 Å². The van der Waals surface area contributed by atoms with Crippen LogP contribution in [0.2, 0.25) is 0 Å². The van der Waals surface area contributed by atoms with Crippen molar-refractivity contribution in [3.63, 3.8) is 0 Å². The minimum atomic E-state index is -0.131. The van der Waals surface area contributed by atoms with E-state index in [9.17, 15) is 4.79 Å². The first kappa shape index (κ1) is 11.0. The summed E-state index contributed by atoms with van der Waals surface area (Å²) in [6, 6.07) is 0. The highest BCUT2D eigenvalue weighted by molar-refractivity contribution is 9.12. The molecule has 0 N–H and O–H groups in total. The summed E-state index contributed by atoms with van der Waals surface area (Å²) in [6.45, 7) is 1.58. The van der Waals surface area contributed by atoms with E-state index in [1.165, 1.54) is 0 Å². The van der Waals surface area contributed by atoms with Gasteiger partial charge in [-0.2, -0.15) is 0 Å². The van der Waals surface area contributed by atoms with Crippen molar-refractivity contribution in [3.8, 4) is 10.8 Å². The fourth-order valence-corrected chi connectivity index (χ4v) is 1.28. The summed E-state index contributed by atoms with van der Waals surface area (Å²) in [5.74, 6) is 2.95. The van der Waals surface area contributed by atoms with E-state index >= 15 is 0 Å². The Labute approximate surface area is 80.6 Å². The third kappa shape index (κ3) is 7.90. The SMILES string of the molecule is CC(=O)CCCC(Cl)C#CBr. The van der Waals surface area contributed by atoms with Crippen LogP contribution in [0.4, 0.5) is 0 Å². The number of carbonyl (C=O) groups excluding carboxylic acids is 1. The Bertz CT molecular complexity index is 180. The predicted octanol–water partition coefficient (Wildman–Crippen LogP) is 2.71. The van der Waals surface area contributed by atoms with E-state index in [1.54, 1.807) is 6.92 Å². The number of alkyl halides is 1. The van der Waals surface area contributed by atoms with Gasteiger partial charge >= 0.3 is 0 Å². The lowest BCUT2D eigenvalue weighted by atomic mass is 10.1. The van der Waals surface area contributed by atoms with Crippen molar-refractivity contribution >= 4 is 33.3 Å². The lowest BCUT2D eigenvalue weighted by Crippen LogP contribution is -1.96. The summed E-state index contributed by atoms with van der Waals surface area (Å²) in [4.78, 5) is 13.0. The molecule has 0 aliphatic heterocycles. The molecule has 0 bridgehead atoms. The maximum Gasteiger partial charge on any atom is 0.129 e. The highest BCUT2D eigenvalue weighted by atomic mass is 79.9. The van der Waals surface area contributed by atoms with E-state index < -0.39 is 0 Å². The number of ketones is 1. The molecule has 1 unspecified atom stereocenters. The topological polar surface area (TPSA) is 17.1 Å². The van der Waals surface area contributed by atoms with E-state index in [0.717, 1.165) is 12.8 Å². The van der Waals surface area contributed by atoms with E-state index in [-0.39, 0.29) is 11.2 Å². The van der Waals surface area contributed by atoms with Crippen LogP contribution in [0.25, 0.3) is 0 Å². The van der Waals surface area contributed by atoms with Crippen LogP contribution in [0.3, 0.4) is 0 Å². The summed E-state index contributed by atoms with van der Waals surface area (Å²) >= 11 is 8.71. The monoisotopic (exact) mass is 236 g/mol. The third-order valence-electron chi connectivity index (χ3n) is 1.20. The number of halogens is 2. The Morgan fingerprint density at radius 3 is 2.82 bits per heavy atom. The van der Waals surface area contributed by atoms with Crippen molar-refractivity contribution in [1.82, 2.24) is 0 Å². The Kier molecular flexibility index (Phi) is 6.69. The fourth-order valence-electron chi connectivity index (χ4n) is 0.662. The van der Waals surface area contributed by atoms with Gasteiger partial charge in [0.1, 0.15) is 5.78 Å². The van der Waals surface area contributed by atoms with Crippen LogP contribution < -0.4 is 0 Å². The molecule has 1 nitrogen and oxygen atoms in total. The van der Waals surface area contributed by atoms with Gasteiger partial charge in [0.05, 0.1) is 5.38 Å². The maximum absolute atomic E-state index is 10.5. The molecule has 0 aromatic rings. The van der Waals surface area contributed by atoms with Crippen molar-refractivity contribution < 1.29 is 4.79 Å². The second-order valence-corrected chi connectivity index (χ2v) is 3.22. The molecule has 0 spiro atoms. The summed E-state index contributed by atoms with van der Waals surface area (Å²) in [5.41, 5.74) is 0. The molecule has 0 aromatic heterocycles. The fraction of sp³-hybridized carbons (Fsp3) is 0.625. The van der Waals surface area contributed by atoms with Gasteiger partial charge in [-0.3, -0.25) is 0 Å². The lowest BCUT2D eigenvalue weighted by molar-refractivity contribution is -0.117. The maximum atomic E-state index is 10.5. The molecular weight excluding hydrogens is 227 g/mol. The van der Waals surface area contributed by atoms with Crippen molar-refractivity contribution in [1.29, 1.82) is 0 Å². The molecule has 62 valence electrons. The van der Waals surface area contributed by atoms with Crippen molar-refractivity contribution in [2.45, 2.75) is 31.6 Å². The first-order valence-electron chi connectivity index (χ1n) is 3.41. The first-order chi connectivity index (χ1) is 5.16. The normalized spacial score (nSPS) is 11.5. The van der Waals surface area contributed by atoms with E-state index in [2.05, 4.69) is 26.7 Å². The van der Waals surface area contributed by atoms with E-state index in [4.69, 9.17) is 11.6 Å². The zero-order valence-corrected chi connectivity index (χ0v) is 8.70. The van der Waals surface area contributed by atoms with Gasteiger partial charge in [-0.05, 0) is 24.6 Å². The molecule has 0 fully saturated rings. The van der Waals surface area contributed by atoms with Crippen LogP contribution >= 0.6 is 27.5 Å². The van der Waals surface area contributed by atoms with Crippen molar-refractivity contribution in [2.24, 2.45) is 0 Å². The minimum absolute atomic E-state index is 0.131. The van der Waals surface area contributed by atoms with Crippen LogP contribution in [-0.4, -0.2) is 11.2 Å². The van der Waals surface area contributed by atoms with Crippen molar-refractivity contribution in [3.05, 3.63) is 0 Å². The van der Waals surface area contributed by atoms with Crippen LogP contribution in [0, 0.1) is 10.8 Å². The number of rotatable bonds is 4. The average molecular weight is 238 g/mol. The van der Waals surface area contributed by atoms with Crippen LogP contribution in [0.15, 0.2) is 0 Å². The smallest absolute Gasteiger partial charge is 0.129 e. The molecule has 3 heteroatoms. The van der Waals surface area contributed by atoms with Crippen LogP contribution in [0.1, 0.15) is 26.2 Å². The van der Waals surface area contributed by atoms with Gasteiger partial charge in [0.2, 0.25) is 0 Å². The van der Waals surface area contributed by atoms with E-state index in [0.29, 0.717) is 6.42 Å². The molecule has 0 rings (SSSR count). The summed E-state index contributed by atoms with van der Waals surface area (Å²) in [6.07, 6.45) is 2.21. The summed E-state index contributed by atoms with van der Waals surface area (Å²) in [5, 5.41) is -0.131. The Morgan fingerprint density at radius 1 is 1.73 bits per heavy atom. The molecule has 0 saturated carbocycles. The Hall–Kier alpha value is 0. The number of Topliss-reactive ketones (excluding diaryl/α,β-unsaturated/α-hetero) is 1. The number of hydrogen-bond donors (Lipinski definition) is 0. The number of carbonyl (C=O) groups is 1. The molecule has 0 saturated heterocycles. The van der Waals surface area contributed by atoms with Gasteiger partial charge < -0.3 is 4.79 Å². The molecule has 0 heterocycles. The molecular formula is C8H10BrClO. The standard InChI is InChI=1S/C8H10BrClO/c1-7(11)3-2-4-8(10)5-6-9/h8H,2-4H2,1H3. The van der Waals surface area contributed by atoms with Gasteiger partial charge in [-0.15, -0.1) is 11.6 Å². The van der Waals surface area contributed by atoms with Crippen LogP contribution in [0.5, 0.6) is 0 Å². The third-order valence-corrected chi connectivity index (χ3v) is 1.75. The second kappa shape index (κ2) is 6.69. The molecule has 0 radical (unpaired) electrons. The highest BCUT2D eigenvalue weighted by Gasteiger charge is 2.00. The summed E-state index contributed by atoms with van der Waals surface area (Å²) in [7, 11) is 0. The van der Waals surface area contributed by atoms with Crippen molar-refractivity contribution in [2.75, 3.05) is 0 Å². The minimum Gasteiger partial charge on any atom is -0.300 e. The van der Waals surface area contributed by atoms with Gasteiger partial charge in [-0.25, -0.2) is 0 Å². The van der Waals surface area contributed by atoms with Gasteiger partial charge in [0, 0.05) is 22.4 Å². The zero-order valence-electron chi connectivity index (χ0n) is 6.36. The quantitative estimate of drug-likeness (QED) is 0.543. The second-order valence-electron chi connectivity index (χ2n) is 2.30. The summed E-state index contributed by atoms with van der Waals surface area (Å²) < 4.78 is 0. The largest absolute Gasteiger partial charge is 0.300 e. The first-order valence-corrected chi connectivity index (χ1v) is 4.64. The highest BCUT2D eigenvalue weighted by Crippen LogP contribution is 2.06. The zero-order chi connectivity index (χ0) is 8.69. The van der Waals surface area contributed by atoms with Gasteiger partial charge in [0.15, 0.2) is 0 Å². The Morgan fingerprint density at radius 2 is 2.36 bits per heavy atom. The van der Waals surface area contributed by atoms with Crippen LogP contribution in [-0.2, 0) is 4.79 Å². The molecule has 1 atom stereocenters. The van der Waals surface area contributed by atoms with Gasteiger partial charge in [0.25, 0.3) is 0 Å². The molecule has 11 heavy (non-hydrogen) atoms. The molecule has 0 aliphatic carbocycles. The molecule has 0 amide bonds. The Balaban J connectivity index is 3.36. The average Bonchev–Trinajstić information content (AvgIpc) is 1.87. The van der Waals surface area contributed by atoms with Gasteiger partial charge in [-0.1, -0.05) is 5.92 Å². The lowest BCUT2D eigenvalue weighted by Gasteiger charge is -1.98. The molecule has 0 aromatic carbocycles. The molecule has 0 aliphatic rings. The predicted molar refractivity (Wildman–Crippen MR) is 50.9 cm³/mol.